The molecule has 0 aromatic carbocycles. The summed E-state index contributed by atoms with van der Waals surface area (Å²) in [7, 11) is 0. The Kier molecular flexibility index (Phi) is 4.20. The monoisotopic (exact) mass is 265 g/mol. The van der Waals surface area contributed by atoms with Crippen molar-refractivity contribution < 1.29 is 4.74 Å². The first-order valence-corrected chi connectivity index (χ1v) is 7.38. The van der Waals surface area contributed by atoms with Crippen LogP contribution in [0.25, 0.3) is 0 Å². The van der Waals surface area contributed by atoms with Crippen molar-refractivity contribution in [3.8, 4) is 6.07 Å². The maximum Gasteiger partial charge on any atom is 0.0967 e. The Bertz CT molecular complexity index is 339. The highest BCUT2D eigenvalue weighted by molar-refractivity contribution is 4.97. The van der Waals surface area contributed by atoms with Gasteiger partial charge in [-0.25, -0.2) is 0 Å². The van der Waals surface area contributed by atoms with Gasteiger partial charge >= 0.3 is 0 Å². The molecule has 1 saturated carbocycles. The molecule has 19 heavy (non-hydrogen) atoms. The second-order valence-electron chi connectivity index (χ2n) is 7.24. The third-order valence-electron chi connectivity index (χ3n) is 3.67. The van der Waals surface area contributed by atoms with Crippen molar-refractivity contribution in [2.45, 2.75) is 70.2 Å². The number of nitrogens with one attached hydrogen (secondary N) is 1. The summed E-state index contributed by atoms with van der Waals surface area (Å²) in [5.74, 6) is 0. The van der Waals surface area contributed by atoms with Gasteiger partial charge in [-0.3, -0.25) is 10.2 Å². The molecule has 2 aliphatic rings. The predicted octanol–water partition coefficient (Wildman–Crippen LogP) is 1.91. The second-order valence-corrected chi connectivity index (χ2v) is 7.24. The molecule has 108 valence electrons. The quantitative estimate of drug-likeness (QED) is 0.825. The minimum absolute atomic E-state index is 0.00145. The van der Waals surface area contributed by atoms with E-state index >= 15 is 0 Å². The molecule has 0 radical (unpaired) electrons. The fraction of sp³-hybridized carbons (Fsp3) is 0.933. The average molecular weight is 265 g/mol. The molecule has 1 aliphatic carbocycles. The number of ether oxygens (including phenoxy) is 1. The molecule has 2 rings (SSSR count). The van der Waals surface area contributed by atoms with E-state index in [9.17, 15) is 5.26 Å². The summed E-state index contributed by atoms with van der Waals surface area (Å²) in [6, 6.07) is 2.99. The summed E-state index contributed by atoms with van der Waals surface area (Å²) in [5, 5.41) is 12.6. The number of hydrogen-bond donors (Lipinski definition) is 1. The van der Waals surface area contributed by atoms with E-state index < -0.39 is 0 Å². The predicted molar refractivity (Wildman–Crippen MR) is 75.9 cm³/mol. The van der Waals surface area contributed by atoms with E-state index in [0.717, 1.165) is 26.1 Å². The topological polar surface area (TPSA) is 48.3 Å². The molecule has 1 unspecified atom stereocenters. The molecule has 1 saturated heterocycles. The molecule has 0 bridgehead atoms. The lowest BCUT2D eigenvalue weighted by Gasteiger charge is -2.47. The number of nitrogens with zero attached hydrogens (tertiary/aromatic N) is 2. The minimum Gasteiger partial charge on any atom is -0.367 e. The summed E-state index contributed by atoms with van der Waals surface area (Å²) < 4.78 is 6.08. The molecule has 1 heterocycles. The van der Waals surface area contributed by atoms with Gasteiger partial charge in [0.05, 0.1) is 23.3 Å². The van der Waals surface area contributed by atoms with Crippen molar-refractivity contribution in [3.63, 3.8) is 0 Å². The van der Waals surface area contributed by atoms with Gasteiger partial charge in [0, 0.05) is 25.7 Å². The van der Waals surface area contributed by atoms with Gasteiger partial charge in [0.2, 0.25) is 0 Å². The summed E-state index contributed by atoms with van der Waals surface area (Å²) in [4.78, 5) is 2.43. The van der Waals surface area contributed by atoms with Crippen molar-refractivity contribution >= 4 is 0 Å². The lowest BCUT2D eigenvalue weighted by atomic mass is 9.98. The van der Waals surface area contributed by atoms with E-state index in [2.05, 4.69) is 44.0 Å². The average Bonchev–Trinajstić information content (AvgIpc) is 3.03. The Morgan fingerprint density at radius 2 is 1.84 bits per heavy atom. The van der Waals surface area contributed by atoms with Crippen LogP contribution in [0, 0.1) is 11.3 Å². The Morgan fingerprint density at radius 3 is 2.32 bits per heavy atom. The van der Waals surface area contributed by atoms with Gasteiger partial charge in [0.15, 0.2) is 0 Å². The van der Waals surface area contributed by atoms with Crippen molar-refractivity contribution in [1.82, 2.24) is 10.2 Å². The van der Waals surface area contributed by atoms with E-state index in [4.69, 9.17) is 4.74 Å². The minimum atomic E-state index is -0.103. The highest BCUT2D eigenvalue weighted by Crippen LogP contribution is 2.28. The summed E-state index contributed by atoms with van der Waals surface area (Å²) in [6.07, 6.45) is 3.37. The fourth-order valence-corrected chi connectivity index (χ4v) is 3.13. The van der Waals surface area contributed by atoms with Crippen LogP contribution in [0.3, 0.4) is 0 Å². The zero-order chi connectivity index (χ0) is 14.1. The lowest BCUT2D eigenvalue weighted by molar-refractivity contribution is -0.180. The van der Waals surface area contributed by atoms with Crippen LogP contribution in [-0.2, 0) is 4.74 Å². The first kappa shape index (κ1) is 14.8. The third-order valence-corrected chi connectivity index (χ3v) is 3.67. The number of morpholine rings is 1. The molecule has 0 aromatic rings. The molecule has 4 heteroatoms. The van der Waals surface area contributed by atoms with Gasteiger partial charge in [-0.1, -0.05) is 0 Å². The SMILES string of the molecule is CC1(C)CN(CCC(C#N)NC2CC2)CC(C)(C)O1. The molecule has 0 spiro atoms. The first-order valence-electron chi connectivity index (χ1n) is 7.38. The summed E-state index contributed by atoms with van der Waals surface area (Å²) in [6.45, 7) is 11.4. The van der Waals surface area contributed by atoms with E-state index in [1.807, 2.05) is 0 Å². The van der Waals surface area contributed by atoms with E-state index in [0.29, 0.717) is 6.04 Å². The van der Waals surface area contributed by atoms with Crippen LogP contribution in [-0.4, -0.2) is 47.8 Å². The van der Waals surface area contributed by atoms with Crippen LogP contribution in [0.1, 0.15) is 47.0 Å². The molecule has 2 fully saturated rings. The van der Waals surface area contributed by atoms with Gasteiger partial charge in [-0.05, 0) is 47.0 Å². The van der Waals surface area contributed by atoms with Crippen LogP contribution in [0.4, 0.5) is 0 Å². The molecule has 1 aliphatic heterocycles. The highest BCUT2D eigenvalue weighted by atomic mass is 16.5. The Morgan fingerprint density at radius 1 is 1.26 bits per heavy atom. The number of nitriles is 1. The molecular formula is C15H27N3O. The molecule has 1 atom stereocenters. The Balaban J connectivity index is 1.82. The van der Waals surface area contributed by atoms with E-state index in [-0.39, 0.29) is 17.2 Å². The van der Waals surface area contributed by atoms with Gasteiger partial charge < -0.3 is 4.74 Å². The molecule has 0 amide bonds. The normalized spacial score (nSPS) is 27.7. The van der Waals surface area contributed by atoms with Crippen LogP contribution >= 0.6 is 0 Å². The maximum atomic E-state index is 9.18. The Labute approximate surface area is 117 Å². The third kappa shape index (κ3) is 4.76. The van der Waals surface area contributed by atoms with Gasteiger partial charge in [-0.15, -0.1) is 0 Å². The molecular weight excluding hydrogens is 238 g/mol. The largest absolute Gasteiger partial charge is 0.367 e. The van der Waals surface area contributed by atoms with Crippen LogP contribution in [0.2, 0.25) is 0 Å². The van der Waals surface area contributed by atoms with Crippen molar-refractivity contribution in [1.29, 1.82) is 5.26 Å². The van der Waals surface area contributed by atoms with Gasteiger partial charge in [0.1, 0.15) is 0 Å². The zero-order valence-corrected chi connectivity index (χ0v) is 12.7. The number of hydrogen-bond acceptors (Lipinski definition) is 4. The van der Waals surface area contributed by atoms with Crippen molar-refractivity contribution in [2.24, 2.45) is 0 Å². The number of rotatable bonds is 5. The molecule has 0 aromatic heterocycles. The van der Waals surface area contributed by atoms with Crippen molar-refractivity contribution in [3.05, 3.63) is 0 Å². The van der Waals surface area contributed by atoms with Crippen molar-refractivity contribution in [2.75, 3.05) is 19.6 Å². The molecule has 1 N–H and O–H groups in total. The zero-order valence-electron chi connectivity index (χ0n) is 12.7. The van der Waals surface area contributed by atoms with Crippen LogP contribution < -0.4 is 5.32 Å². The maximum absolute atomic E-state index is 9.18. The fourth-order valence-electron chi connectivity index (χ4n) is 3.13. The standard InChI is InChI=1S/C15H27N3O/c1-14(2)10-18(11-15(3,4)19-14)8-7-13(9-16)17-12-5-6-12/h12-13,17H,5-8,10-11H2,1-4H3. The summed E-state index contributed by atoms with van der Waals surface area (Å²) >= 11 is 0. The summed E-state index contributed by atoms with van der Waals surface area (Å²) in [5.41, 5.74) is -0.207. The van der Waals surface area contributed by atoms with Crippen LogP contribution in [0.5, 0.6) is 0 Å². The lowest BCUT2D eigenvalue weighted by Crippen LogP contribution is -2.57. The molecule has 4 nitrogen and oxygen atoms in total. The highest BCUT2D eigenvalue weighted by Gasteiger charge is 2.38. The Hall–Kier alpha value is -0.630. The van der Waals surface area contributed by atoms with Gasteiger partial charge in [-0.2, -0.15) is 5.26 Å². The first-order chi connectivity index (χ1) is 8.80. The van der Waals surface area contributed by atoms with Gasteiger partial charge in [0.25, 0.3) is 0 Å². The van der Waals surface area contributed by atoms with E-state index in [1.165, 1.54) is 12.8 Å². The smallest absolute Gasteiger partial charge is 0.0967 e. The second kappa shape index (κ2) is 5.40. The van der Waals surface area contributed by atoms with Crippen LogP contribution in [0.15, 0.2) is 0 Å². The van der Waals surface area contributed by atoms with E-state index in [1.54, 1.807) is 0 Å².